The third kappa shape index (κ3) is 4.81. The van der Waals surface area contributed by atoms with Crippen LogP contribution in [0.25, 0.3) is 0 Å². The highest BCUT2D eigenvalue weighted by Crippen LogP contribution is 2.40. The van der Waals surface area contributed by atoms with E-state index in [1.54, 1.807) is 7.11 Å². The zero-order valence-corrected chi connectivity index (χ0v) is 18.4. The monoisotopic (exact) mass is 426 g/mol. The molecule has 0 spiro atoms. The van der Waals surface area contributed by atoms with E-state index in [9.17, 15) is 9.59 Å². The molecule has 0 radical (unpaired) electrons. The molecular weight excluding hydrogens is 392 g/mol. The number of carbonyl (C=O) groups is 2. The maximum absolute atomic E-state index is 13.2. The fourth-order valence-corrected chi connectivity index (χ4v) is 5.19. The molecule has 2 saturated heterocycles. The number of nitrogens with zero attached hydrogens (tertiary/aromatic N) is 2. The molecular formula is C24H34N4O3. The molecule has 1 aromatic carbocycles. The molecule has 2 aliphatic heterocycles. The van der Waals surface area contributed by atoms with Gasteiger partial charge in [0.05, 0.1) is 13.2 Å². The average molecular weight is 427 g/mol. The predicted octanol–water partition coefficient (Wildman–Crippen LogP) is 2.36. The molecule has 3 amide bonds. The standard InChI is InChI=1S/C24H34N4O3/c1-31-20-8-4-16(5-9-20)13-25-23(29)22-12-18-15-27(24(30)26-19-6-7-19)11-10-21(18)28(22)14-17-2-3-17/h4-5,8-9,17-19,21-22H,2-3,6-7,10-15H2,1H3,(H,25,29)(H,26,30)/t18-,21+,22+/m1/s1. The molecule has 7 nitrogen and oxygen atoms in total. The number of methoxy groups -OCH3 is 1. The van der Waals surface area contributed by atoms with E-state index < -0.39 is 0 Å². The van der Waals surface area contributed by atoms with Crippen LogP contribution in [0.1, 0.15) is 44.1 Å². The zero-order valence-electron chi connectivity index (χ0n) is 18.4. The van der Waals surface area contributed by atoms with Crippen molar-refractivity contribution in [3.63, 3.8) is 0 Å². The molecule has 2 N–H and O–H groups in total. The van der Waals surface area contributed by atoms with Crippen LogP contribution in [-0.2, 0) is 11.3 Å². The smallest absolute Gasteiger partial charge is 0.317 e. The quantitative estimate of drug-likeness (QED) is 0.702. The molecule has 5 rings (SSSR count). The topological polar surface area (TPSA) is 73.9 Å². The van der Waals surface area contributed by atoms with Crippen molar-refractivity contribution < 1.29 is 14.3 Å². The van der Waals surface area contributed by atoms with Crippen molar-refractivity contribution in [2.45, 2.75) is 63.2 Å². The summed E-state index contributed by atoms with van der Waals surface area (Å²) >= 11 is 0. The van der Waals surface area contributed by atoms with Crippen LogP contribution in [0, 0.1) is 11.8 Å². The van der Waals surface area contributed by atoms with Crippen LogP contribution >= 0.6 is 0 Å². The highest BCUT2D eigenvalue weighted by Gasteiger charge is 2.48. The van der Waals surface area contributed by atoms with Crippen LogP contribution < -0.4 is 15.4 Å². The third-order valence-electron chi connectivity index (χ3n) is 7.33. The molecule has 4 aliphatic rings. The molecule has 0 bridgehead atoms. The van der Waals surface area contributed by atoms with Gasteiger partial charge >= 0.3 is 6.03 Å². The number of hydrogen-bond acceptors (Lipinski definition) is 4. The Bertz CT molecular complexity index is 806. The Balaban J connectivity index is 1.21. The number of hydrogen-bond donors (Lipinski definition) is 2. The first-order valence-electron chi connectivity index (χ1n) is 11.8. The molecule has 7 heteroatoms. The molecule has 168 valence electrons. The predicted molar refractivity (Wildman–Crippen MR) is 118 cm³/mol. The van der Waals surface area contributed by atoms with E-state index >= 15 is 0 Å². The second-order valence-corrected chi connectivity index (χ2v) is 9.74. The highest BCUT2D eigenvalue weighted by molar-refractivity contribution is 5.82. The average Bonchev–Trinajstić information content (AvgIpc) is 3.72. The van der Waals surface area contributed by atoms with Crippen LogP contribution in [0.4, 0.5) is 4.79 Å². The molecule has 2 aliphatic carbocycles. The largest absolute Gasteiger partial charge is 0.497 e. The summed E-state index contributed by atoms with van der Waals surface area (Å²) < 4.78 is 5.21. The van der Waals surface area contributed by atoms with E-state index in [2.05, 4.69) is 15.5 Å². The lowest BCUT2D eigenvalue weighted by atomic mass is 9.92. The first-order valence-corrected chi connectivity index (χ1v) is 11.8. The van der Waals surface area contributed by atoms with Gasteiger partial charge in [0.15, 0.2) is 0 Å². The molecule has 4 fully saturated rings. The van der Waals surface area contributed by atoms with E-state index in [1.165, 1.54) is 12.8 Å². The third-order valence-corrected chi connectivity index (χ3v) is 7.33. The maximum atomic E-state index is 13.2. The maximum Gasteiger partial charge on any atom is 0.317 e. The fourth-order valence-electron chi connectivity index (χ4n) is 5.19. The van der Waals surface area contributed by atoms with Gasteiger partial charge in [-0.2, -0.15) is 0 Å². The molecule has 2 saturated carbocycles. The Labute approximate surface area is 184 Å². The zero-order chi connectivity index (χ0) is 21.4. The summed E-state index contributed by atoms with van der Waals surface area (Å²) in [7, 11) is 1.65. The van der Waals surface area contributed by atoms with Crippen molar-refractivity contribution in [2.75, 3.05) is 26.7 Å². The normalized spacial score (nSPS) is 28.2. The number of amides is 3. The van der Waals surface area contributed by atoms with Crippen LogP contribution in [0.5, 0.6) is 5.75 Å². The molecule has 0 aromatic heterocycles. The van der Waals surface area contributed by atoms with Gasteiger partial charge in [-0.3, -0.25) is 9.69 Å². The van der Waals surface area contributed by atoms with Crippen molar-refractivity contribution in [2.24, 2.45) is 11.8 Å². The lowest BCUT2D eigenvalue weighted by Gasteiger charge is -2.38. The first kappa shape index (κ1) is 20.6. The SMILES string of the molecule is COc1ccc(CNC(=O)[C@@H]2C[C@@H]3CN(C(=O)NC4CC4)CC[C@@H]3N2CC2CC2)cc1. The van der Waals surface area contributed by atoms with E-state index in [1.807, 2.05) is 29.2 Å². The van der Waals surface area contributed by atoms with Gasteiger partial charge in [-0.1, -0.05) is 12.1 Å². The van der Waals surface area contributed by atoms with Crippen LogP contribution in [0.15, 0.2) is 24.3 Å². The van der Waals surface area contributed by atoms with Crippen LogP contribution in [0.2, 0.25) is 0 Å². The number of nitrogens with one attached hydrogen (secondary N) is 2. The minimum Gasteiger partial charge on any atom is -0.497 e. The molecule has 1 aromatic rings. The van der Waals surface area contributed by atoms with Crippen LogP contribution in [-0.4, -0.2) is 66.6 Å². The van der Waals surface area contributed by atoms with Crippen molar-refractivity contribution >= 4 is 11.9 Å². The molecule has 2 heterocycles. The van der Waals surface area contributed by atoms with Gasteiger partial charge in [-0.05, 0) is 68.1 Å². The molecule has 31 heavy (non-hydrogen) atoms. The number of ether oxygens (including phenoxy) is 1. The Hall–Kier alpha value is -2.28. The van der Waals surface area contributed by atoms with Gasteiger partial charge in [0.1, 0.15) is 5.75 Å². The Morgan fingerprint density at radius 1 is 1.10 bits per heavy atom. The highest BCUT2D eigenvalue weighted by atomic mass is 16.5. The summed E-state index contributed by atoms with van der Waals surface area (Å²) in [6.45, 7) is 3.12. The van der Waals surface area contributed by atoms with Gasteiger partial charge in [0.2, 0.25) is 5.91 Å². The van der Waals surface area contributed by atoms with E-state index in [4.69, 9.17) is 4.74 Å². The number of rotatable bonds is 7. The Morgan fingerprint density at radius 2 is 1.87 bits per heavy atom. The number of benzene rings is 1. The molecule has 3 atom stereocenters. The van der Waals surface area contributed by atoms with Crippen LogP contribution in [0.3, 0.4) is 0 Å². The van der Waals surface area contributed by atoms with Gasteiger partial charge in [-0.15, -0.1) is 0 Å². The minimum atomic E-state index is -0.0831. The summed E-state index contributed by atoms with van der Waals surface area (Å²) in [5.74, 6) is 2.07. The number of urea groups is 1. The molecule has 0 unspecified atom stereocenters. The van der Waals surface area contributed by atoms with E-state index in [0.29, 0.717) is 24.5 Å². The summed E-state index contributed by atoms with van der Waals surface area (Å²) in [4.78, 5) is 30.2. The first-order chi connectivity index (χ1) is 15.1. The van der Waals surface area contributed by atoms with Crippen molar-refractivity contribution in [1.29, 1.82) is 0 Å². The van der Waals surface area contributed by atoms with Crippen molar-refractivity contribution in [1.82, 2.24) is 20.4 Å². The number of likely N-dealkylation sites (tertiary alicyclic amines) is 2. The summed E-state index contributed by atoms with van der Waals surface area (Å²) in [5.41, 5.74) is 1.07. The summed E-state index contributed by atoms with van der Waals surface area (Å²) in [6, 6.07) is 8.64. The van der Waals surface area contributed by atoms with Gasteiger partial charge in [-0.25, -0.2) is 4.79 Å². The minimum absolute atomic E-state index is 0.0831. The Kier molecular flexibility index (Phi) is 5.78. The second kappa shape index (κ2) is 8.69. The second-order valence-electron chi connectivity index (χ2n) is 9.74. The Morgan fingerprint density at radius 3 is 2.55 bits per heavy atom. The summed E-state index contributed by atoms with van der Waals surface area (Å²) in [6.07, 6.45) is 6.60. The number of fused-ring (bicyclic) bond motifs is 1. The van der Waals surface area contributed by atoms with Gasteiger partial charge in [0.25, 0.3) is 0 Å². The van der Waals surface area contributed by atoms with Gasteiger partial charge in [0, 0.05) is 38.3 Å². The van der Waals surface area contributed by atoms with Gasteiger partial charge < -0.3 is 20.3 Å². The van der Waals surface area contributed by atoms with Crippen molar-refractivity contribution in [3.05, 3.63) is 29.8 Å². The summed E-state index contributed by atoms with van der Waals surface area (Å²) in [5, 5.41) is 6.29. The lowest BCUT2D eigenvalue weighted by Crippen LogP contribution is -2.52. The number of carbonyl (C=O) groups excluding carboxylic acids is 2. The van der Waals surface area contributed by atoms with E-state index in [-0.39, 0.29) is 18.0 Å². The fraction of sp³-hybridized carbons (Fsp3) is 0.667. The van der Waals surface area contributed by atoms with E-state index in [0.717, 1.165) is 62.5 Å². The number of piperidine rings is 1. The lowest BCUT2D eigenvalue weighted by molar-refractivity contribution is -0.126. The van der Waals surface area contributed by atoms with Crippen molar-refractivity contribution in [3.8, 4) is 5.75 Å².